The van der Waals surface area contributed by atoms with Gasteiger partial charge in [-0.3, -0.25) is 14.5 Å². The van der Waals surface area contributed by atoms with E-state index in [1.165, 1.54) is 17.0 Å². The minimum atomic E-state index is -0.692. The molecule has 2 amide bonds. The largest absolute Gasteiger partial charge is 0.395 e. The summed E-state index contributed by atoms with van der Waals surface area (Å²) in [7, 11) is 1.57. The fraction of sp³-hybridized carbons (Fsp3) is 0.500. The third kappa shape index (κ3) is 4.43. The Kier molecular flexibility index (Phi) is 6.53. The standard InChI is InChI=1S/C16H21ClFN3O3/c1-20(7-8-22)15(23)9-14-16(24)19-5-6-21(14)10-11-12(17)3-2-4-13(11)18/h2-4,14,22H,5-10H2,1H3,(H,19,24)/t14-/m1/s1. The molecule has 0 bridgehead atoms. The van der Waals surface area contributed by atoms with Gasteiger partial charge in [-0.05, 0) is 12.1 Å². The van der Waals surface area contributed by atoms with Gasteiger partial charge in [-0.1, -0.05) is 17.7 Å². The average Bonchev–Trinajstić information content (AvgIpc) is 2.54. The third-order valence-corrected chi connectivity index (χ3v) is 4.45. The highest BCUT2D eigenvalue weighted by molar-refractivity contribution is 6.31. The molecule has 1 aliphatic heterocycles. The number of aliphatic hydroxyl groups excluding tert-OH is 1. The first-order chi connectivity index (χ1) is 11.4. The van der Waals surface area contributed by atoms with Crippen LogP contribution in [-0.4, -0.2) is 66.1 Å². The molecule has 0 unspecified atom stereocenters. The lowest BCUT2D eigenvalue weighted by atomic mass is 10.1. The Hall–Kier alpha value is -1.70. The first-order valence-electron chi connectivity index (χ1n) is 7.73. The van der Waals surface area contributed by atoms with Gasteiger partial charge < -0.3 is 15.3 Å². The van der Waals surface area contributed by atoms with Crippen molar-refractivity contribution in [1.29, 1.82) is 0 Å². The van der Waals surface area contributed by atoms with Gasteiger partial charge in [0.15, 0.2) is 0 Å². The van der Waals surface area contributed by atoms with Crippen LogP contribution in [0.25, 0.3) is 0 Å². The lowest BCUT2D eigenvalue weighted by Crippen LogP contribution is -2.56. The Morgan fingerprint density at radius 2 is 2.29 bits per heavy atom. The molecule has 1 aromatic carbocycles. The van der Waals surface area contributed by atoms with E-state index in [9.17, 15) is 14.0 Å². The fourth-order valence-corrected chi connectivity index (χ4v) is 2.88. The maximum Gasteiger partial charge on any atom is 0.237 e. The number of aliphatic hydroxyl groups is 1. The van der Waals surface area contributed by atoms with Gasteiger partial charge in [0, 0.05) is 43.8 Å². The summed E-state index contributed by atoms with van der Waals surface area (Å²) in [6.07, 6.45) is -0.0333. The maximum atomic E-state index is 14.0. The van der Waals surface area contributed by atoms with Crippen LogP contribution in [0.5, 0.6) is 0 Å². The minimum absolute atomic E-state index is 0.0333. The Labute approximate surface area is 145 Å². The van der Waals surface area contributed by atoms with E-state index in [0.29, 0.717) is 23.7 Å². The normalized spacial score (nSPS) is 18.3. The summed E-state index contributed by atoms with van der Waals surface area (Å²) in [4.78, 5) is 27.5. The number of rotatable bonds is 6. The second-order valence-corrected chi connectivity index (χ2v) is 6.13. The molecule has 2 N–H and O–H groups in total. The van der Waals surface area contributed by atoms with E-state index in [-0.39, 0.29) is 37.9 Å². The summed E-state index contributed by atoms with van der Waals surface area (Å²) in [5.74, 6) is -0.953. The van der Waals surface area contributed by atoms with E-state index in [0.717, 1.165) is 0 Å². The molecule has 0 radical (unpaired) electrons. The SMILES string of the molecule is CN(CCO)C(=O)C[C@@H]1C(=O)NCCN1Cc1c(F)cccc1Cl. The van der Waals surface area contributed by atoms with Crippen LogP contribution in [0.3, 0.4) is 0 Å². The lowest BCUT2D eigenvalue weighted by Gasteiger charge is -2.35. The highest BCUT2D eigenvalue weighted by Crippen LogP contribution is 2.23. The van der Waals surface area contributed by atoms with Crippen molar-refractivity contribution >= 4 is 23.4 Å². The van der Waals surface area contributed by atoms with Crippen LogP contribution in [0, 0.1) is 5.82 Å². The van der Waals surface area contributed by atoms with Crippen LogP contribution in [0.4, 0.5) is 4.39 Å². The van der Waals surface area contributed by atoms with Crippen LogP contribution in [0.2, 0.25) is 5.02 Å². The highest BCUT2D eigenvalue weighted by atomic mass is 35.5. The first kappa shape index (κ1) is 18.6. The molecule has 1 saturated heterocycles. The molecule has 1 atom stereocenters. The monoisotopic (exact) mass is 357 g/mol. The number of nitrogens with one attached hydrogen (secondary N) is 1. The molecule has 132 valence electrons. The smallest absolute Gasteiger partial charge is 0.237 e. The number of likely N-dealkylation sites (N-methyl/N-ethyl adjacent to an activating group) is 1. The molecule has 1 aliphatic rings. The molecule has 2 rings (SSSR count). The fourth-order valence-electron chi connectivity index (χ4n) is 2.66. The summed E-state index contributed by atoms with van der Waals surface area (Å²) in [6, 6.07) is 3.75. The predicted molar refractivity (Wildman–Crippen MR) is 88.0 cm³/mol. The Morgan fingerprint density at radius 1 is 1.54 bits per heavy atom. The van der Waals surface area contributed by atoms with Crippen molar-refractivity contribution in [3.8, 4) is 0 Å². The van der Waals surface area contributed by atoms with Crippen LogP contribution < -0.4 is 5.32 Å². The van der Waals surface area contributed by atoms with E-state index < -0.39 is 11.9 Å². The number of carbonyl (C=O) groups is 2. The number of benzene rings is 1. The molecule has 0 saturated carbocycles. The van der Waals surface area contributed by atoms with Crippen molar-refractivity contribution in [3.05, 3.63) is 34.6 Å². The molecule has 8 heteroatoms. The van der Waals surface area contributed by atoms with Gasteiger partial charge in [0.2, 0.25) is 11.8 Å². The van der Waals surface area contributed by atoms with Crippen molar-refractivity contribution in [3.63, 3.8) is 0 Å². The Balaban J connectivity index is 2.14. The number of hydrogen-bond donors (Lipinski definition) is 2. The molecular formula is C16H21ClFN3O3. The van der Waals surface area contributed by atoms with E-state index in [2.05, 4.69) is 5.32 Å². The lowest BCUT2D eigenvalue weighted by molar-refractivity contribution is -0.138. The van der Waals surface area contributed by atoms with Gasteiger partial charge in [0.1, 0.15) is 5.82 Å². The molecule has 1 fully saturated rings. The van der Waals surface area contributed by atoms with Gasteiger partial charge in [-0.2, -0.15) is 0 Å². The van der Waals surface area contributed by atoms with Gasteiger partial charge >= 0.3 is 0 Å². The van der Waals surface area contributed by atoms with Crippen LogP contribution in [0.1, 0.15) is 12.0 Å². The van der Waals surface area contributed by atoms with Gasteiger partial charge in [0.05, 0.1) is 19.1 Å². The zero-order chi connectivity index (χ0) is 17.7. The van der Waals surface area contributed by atoms with E-state index >= 15 is 0 Å². The van der Waals surface area contributed by atoms with Crippen molar-refractivity contribution < 1.29 is 19.1 Å². The van der Waals surface area contributed by atoms with Crippen molar-refractivity contribution in [2.75, 3.05) is 33.3 Å². The summed E-state index contributed by atoms with van der Waals surface area (Å²) < 4.78 is 14.0. The maximum absolute atomic E-state index is 14.0. The van der Waals surface area contributed by atoms with Gasteiger partial charge in [-0.15, -0.1) is 0 Å². The van der Waals surface area contributed by atoms with Gasteiger partial charge in [0.25, 0.3) is 0 Å². The molecule has 0 spiro atoms. The first-order valence-corrected chi connectivity index (χ1v) is 8.11. The number of piperazine rings is 1. The van der Waals surface area contributed by atoms with E-state index in [1.54, 1.807) is 18.0 Å². The second-order valence-electron chi connectivity index (χ2n) is 5.72. The van der Waals surface area contributed by atoms with E-state index in [4.69, 9.17) is 16.7 Å². The topological polar surface area (TPSA) is 72.9 Å². The Bertz CT molecular complexity index is 594. The number of amides is 2. The summed E-state index contributed by atoms with van der Waals surface area (Å²) in [6.45, 7) is 1.14. The molecule has 1 heterocycles. The second kappa shape index (κ2) is 8.41. The van der Waals surface area contributed by atoms with Gasteiger partial charge in [-0.25, -0.2) is 4.39 Å². The van der Waals surface area contributed by atoms with Crippen molar-refractivity contribution in [2.45, 2.75) is 19.0 Å². The number of hydrogen-bond acceptors (Lipinski definition) is 4. The molecule has 6 nitrogen and oxygen atoms in total. The zero-order valence-electron chi connectivity index (χ0n) is 13.5. The zero-order valence-corrected chi connectivity index (χ0v) is 14.2. The predicted octanol–water partition coefficient (Wildman–Crippen LogP) is 0.620. The Morgan fingerprint density at radius 3 is 2.96 bits per heavy atom. The minimum Gasteiger partial charge on any atom is -0.395 e. The van der Waals surface area contributed by atoms with Crippen LogP contribution >= 0.6 is 11.6 Å². The summed E-state index contributed by atoms with van der Waals surface area (Å²) in [5.41, 5.74) is 0.315. The van der Waals surface area contributed by atoms with Crippen LogP contribution in [-0.2, 0) is 16.1 Å². The van der Waals surface area contributed by atoms with Crippen LogP contribution in [0.15, 0.2) is 18.2 Å². The summed E-state index contributed by atoms with van der Waals surface area (Å²) in [5, 5.41) is 11.9. The average molecular weight is 358 g/mol. The third-order valence-electron chi connectivity index (χ3n) is 4.09. The van der Waals surface area contributed by atoms with E-state index in [1.807, 2.05) is 0 Å². The summed E-state index contributed by atoms with van der Waals surface area (Å²) >= 11 is 6.06. The molecule has 1 aromatic rings. The van der Waals surface area contributed by atoms with Crippen molar-refractivity contribution in [1.82, 2.24) is 15.1 Å². The highest BCUT2D eigenvalue weighted by Gasteiger charge is 2.33. The van der Waals surface area contributed by atoms with Crippen molar-refractivity contribution in [2.24, 2.45) is 0 Å². The molecule has 0 aliphatic carbocycles. The number of nitrogens with zero attached hydrogens (tertiary/aromatic N) is 2. The molecular weight excluding hydrogens is 337 g/mol. The quantitative estimate of drug-likeness (QED) is 0.783. The number of carbonyl (C=O) groups excluding carboxylic acids is 2. The number of halogens is 2. The molecule has 0 aromatic heterocycles. The molecule has 24 heavy (non-hydrogen) atoms.